The Hall–Kier alpha value is -3.19. The fraction of sp³-hybridized carbons (Fsp3) is 0.0800. The first-order chi connectivity index (χ1) is 15.9. The number of hydrogen-bond donors (Lipinski definition) is 1. The fourth-order valence-electron chi connectivity index (χ4n) is 4.01. The maximum absolute atomic E-state index is 13.2. The molecule has 33 heavy (non-hydrogen) atoms. The molecule has 8 heteroatoms. The summed E-state index contributed by atoms with van der Waals surface area (Å²) < 4.78 is 0. The molecule has 0 saturated carbocycles. The van der Waals surface area contributed by atoms with Crippen LogP contribution < -0.4 is 15.1 Å². The molecule has 0 unspecified atom stereocenters. The van der Waals surface area contributed by atoms with E-state index in [0.717, 1.165) is 24.3 Å². The normalized spacial score (nSPS) is 16.9. The number of amides is 2. The Bertz CT molecular complexity index is 1310. The Balaban J connectivity index is 1.41. The van der Waals surface area contributed by atoms with E-state index in [9.17, 15) is 9.59 Å². The van der Waals surface area contributed by atoms with Gasteiger partial charge in [-0.25, -0.2) is 0 Å². The van der Waals surface area contributed by atoms with Crippen molar-refractivity contribution in [2.24, 2.45) is 0 Å². The minimum Gasteiger partial charge on any atom is -0.363 e. The van der Waals surface area contributed by atoms with Crippen molar-refractivity contribution < 1.29 is 9.59 Å². The lowest BCUT2D eigenvalue weighted by Gasteiger charge is -2.29. The van der Waals surface area contributed by atoms with Crippen LogP contribution in [0.15, 0.2) is 72.3 Å². The zero-order valence-electron chi connectivity index (χ0n) is 17.2. The van der Waals surface area contributed by atoms with E-state index in [0.29, 0.717) is 5.69 Å². The van der Waals surface area contributed by atoms with Crippen LogP contribution in [-0.2, 0) is 22.7 Å². The number of carbonyl (C=O) groups excluding carboxylic acids is 2. The van der Waals surface area contributed by atoms with Gasteiger partial charge in [-0.3, -0.25) is 19.8 Å². The van der Waals surface area contributed by atoms with Gasteiger partial charge in [0.1, 0.15) is 5.57 Å². The molecule has 2 heterocycles. The number of fused-ring (bicyclic) bond motifs is 1. The topological polar surface area (TPSA) is 52.7 Å². The maximum Gasteiger partial charge on any atom is 0.270 e. The van der Waals surface area contributed by atoms with Gasteiger partial charge < -0.3 is 4.90 Å². The zero-order chi connectivity index (χ0) is 23.1. The predicted octanol–water partition coefficient (Wildman–Crippen LogP) is 5.34. The SMILES string of the molecule is O=C1NC(=S)N(c2cccc(Cl)c2Cl)C(=O)/C1=C\c1ccc(N2Cc3ccccc3C2)cc1. The van der Waals surface area contributed by atoms with Crippen LogP contribution in [0.2, 0.25) is 10.0 Å². The minimum absolute atomic E-state index is 0.0408. The lowest BCUT2D eigenvalue weighted by molar-refractivity contribution is -0.122. The van der Waals surface area contributed by atoms with Crippen molar-refractivity contribution >= 4 is 69.8 Å². The molecule has 0 atom stereocenters. The van der Waals surface area contributed by atoms with Crippen molar-refractivity contribution in [1.29, 1.82) is 0 Å². The standard InChI is InChI=1S/C25H17Cl2N3O2S/c26-20-6-3-7-21(22(20)27)30-24(32)19(23(31)28-25(30)33)12-15-8-10-18(11-9-15)29-13-16-4-1-2-5-17(16)14-29/h1-12H,13-14H2,(H,28,31,33)/b19-12-. The van der Waals surface area contributed by atoms with Gasteiger partial charge in [0.25, 0.3) is 11.8 Å². The molecule has 0 aromatic heterocycles. The Labute approximate surface area is 206 Å². The van der Waals surface area contributed by atoms with Crippen molar-refractivity contribution in [3.8, 4) is 0 Å². The van der Waals surface area contributed by atoms with Gasteiger partial charge in [-0.15, -0.1) is 0 Å². The third-order valence-corrected chi connectivity index (χ3v) is 6.78. The smallest absolute Gasteiger partial charge is 0.270 e. The molecule has 3 aromatic rings. The van der Waals surface area contributed by atoms with Crippen molar-refractivity contribution in [2.45, 2.75) is 13.1 Å². The molecule has 1 N–H and O–H groups in total. The molecule has 164 valence electrons. The summed E-state index contributed by atoms with van der Waals surface area (Å²) in [5, 5.41) is 2.98. The highest BCUT2D eigenvalue weighted by Gasteiger charge is 2.35. The molecule has 0 radical (unpaired) electrons. The highest BCUT2D eigenvalue weighted by Crippen LogP contribution is 2.34. The first-order valence-corrected chi connectivity index (χ1v) is 11.4. The number of nitrogens with one attached hydrogen (secondary N) is 1. The van der Waals surface area contributed by atoms with Gasteiger partial charge in [-0.2, -0.15) is 0 Å². The van der Waals surface area contributed by atoms with Gasteiger partial charge in [0.2, 0.25) is 0 Å². The van der Waals surface area contributed by atoms with Crippen molar-refractivity contribution in [3.63, 3.8) is 0 Å². The van der Waals surface area contributed by atoms with Crippen molar-refractivity contribution in [1.82, 2.24) is 5.32 Å². The van der Waals surface area contributed by atoms with Gasteiger partial charge >= 0.3 is 0 Å². The maximum atomic E-state index is 13.2. The Morgan fingerprint density at radius 1 is 0.879 bits per heavy atom. The molecule has 0 aliphatic carbocycles. The van der Waals surface area contributed by atoms with Gasteiger partial charge in [0, 0.05) is 18.8 Å². The number of hydrogen-bond acceptors (Lipinski definition) is 4. The number of carbonyl (C=O) groups is 2. The Morgan fingerprint density at radius 2 is 1.55 bits per heavy atom. The molecule has 2 amide bonds. The third-order valence-electron chi connectivity index (χ3n) is 5.68. The molecule has 2 aliphatic heterocycles. The van der Waals surface area contributed by atoms with E-state index in [1.54, 1.807) is 24.3 Å². The molecule has 0 bridgehead atoms. The molecular formula is C25H17Cl2N3O2S. The van der Waals surface area contributed by atoms with Crippen LogP contribution in [-0.4, -0.2) is 16.9 Å². The van der Waals surface area contributed by atoms with Crippen molar-refractivity contribution in [3.05, 3.63) is 99.0 Å². The van der Waals surface area contributed by atoms with Gasteiger partial charge in [0.15, 0.2) is 5.11 Å². The lowest BCUT2D eigenvalue weighted by atomic mass is 10.1. The van der Waals surface area contributed by atoms with Gasteiger partial charge in [-0.05, 0) is 59.2 Å². The highest BCUT2D eigenvalue weighted by atomic mass is 35.5. The van der Waals surface area contributed by atoms with Crippen LogP contribution in [0.3, 0.4) is 0 Å². The molecule has 3 aromatic carbocycles. The first kappa shape index (κ1) is 21.6. The van der Waals surface area contributed by atoms with E-state index in [1.807, 2.05) is 24.3 Å². The van der Waals surface area contributed by atoms with Gasteiger partial charge in [-0.1, -0.05) is 65.7 Å². The fourth-order valence-corrected chi connectivity index (χ4v) is 4.66. The number of halogens is 2. The van der Waals surface area contributed by atoms with E-state index in [1.165, 1.54) is 16.0 Å². The second-order valence-corrected chi connectivity index (χ2v) is 8.92. The zero-order valence-corrected chi connectivity index (χ0v) is 19.5. The summed E-state index contributed by atoms with van der Waals surface area (Å²) in [7, 11) is 0. The Kier molecular flexibility index (Phi) is 5.66. The molecule has 1 fully saturated rings. The summed E-state index contributed by atoms with van der Waals surface area (Å²) in [5.74, 6) is -1.12. The summed E-state index contributed by atoms with van der Waals surface area (Å²) in [6.45, 7) is 1.70. The van der Waals surface area contributed by atoms with Gasteiger partial charge in [0.05, 0.1) is 15.7 Å². The molecular weight excluding hydrogens is 477 g/mol. The predicted molar refractivity (Wildman–Crippen MR) is 135 cm³/mol. The summed E-state index contributed by atoms with van der Waals surface area (Å²) in [6.07, 6.45) is 1.55. The third kappa shape index (κ3) is 4.02. The first-order valence-electron chi connectivity index (χ1n) is 10.2. The average molecular weight is 494 g/mol. The molecule has 2 aliphatic rings. The molecule has 0 spiro atoms. The second-order valence-electron chi connectivity index (χ2n) is 7.75. The molecule has 5 nitrogen and oxygen atoms in total. The number of nitrogens with zero attached hydrogens (tertiary/aromatic N) is 2. The summed E-state index contributed by atoms with van der Waals surface area (Å²) in [6, 6.07) is 21.0. The van der Waals surface area contributed by atoms with Crippen LogP contribution in [0.4, 0.5) is 11.4 Å². The average Bonchev–Trinajstić information content (AvgIpc) is 3.24. The largest absolute Gasteiger partial charge is 0.363 e. The summed E-state index contributed by atoms with van der Waals surface area (Å²) in [5.41, 5.74) is 4.71. The van der Waals surface area contributed by atoms with E-state index in [4.69, 9.17) is 35.4 Å². The van der Waals surface area contributed by atoms with E-state index in [-0.39, 0.29) is 20.7 Å². The minimum atomic E-state index is -0.563. The van der Waals surface area contributed by atoms with E-state index >= 15 is 0 Å². The quantitative estimate of drug-likeness (QED) is 0.303. The summed E-state index contributed by atoms with van der Waals surface area (Å²) in [4.78, 5) is 29.3. The van der Waals surface area contributed by atoms with Crippen LogP contribution >= 0.6 is 35.4 Å². The van der Waals surface area contributed by atoms with E-state index < -0.39 is 11.8 Å². The number of anilines is 2. The van der Waals surface area contributed by atoms with E-state index in [2.05, 4.69) is 34.5 Å². The highest BCUT2D eigenvalue weighted by molar-refractivity contribution is 7.80. The van der Waals surface area contributed by atoms with Crippen LogP contribution in [0.5, 0.6) is 0 Å². The van der Waals surface area contributed by atoms with Crippen molar-refractivity contribution in [2.75, 3.05) is 9.80 Å². The number of thiocarbonyl (C=S) groups is 1. The monoisotopic (exact) mass is 493 g/mol. The Morgan fingerprint density at radius 3 is 2.21 bits per heavy atom. The number of benzene rings is 3. The lowest BCUT2D eigenvalue weighted by Crippen LogP contribution is -2.54. The molecule has 1 saturated heterocycles. The van der Waals surface area contributed by atoms with Crippen LogP contribution in [0, 0.1) is 0 Å². The van der Waals surface area contributed by atoms with Crippen LogP contribution in [0.1, 0.15) is 16.7 Å². The second kappa shape index (κ2) is 8.63. The summed E-state index contributed by atoms with van der Waals surface area (Å²) >= 11 is 17.6. The molecule has 5 rings (SSSR count). The van der Waals surface area contributed by atoms with Crippen LogP contribution in [0.25, 0.3) is 6.08 Å². The number of rotatable bonds is 3.